The normalized spacial score (nSPS) is 22.2. The van der Waals surface area contributed by atoms with Gasteiger partial charge in [-0.3, -0.25) is 4.79 Å². The van der Waals surface area contributed by atoms with Crippen LogP contribution in [0.5, 0.6) is 0 Å². The van der Waals surface area contributed by atoms with E-state index in [9.17, 15) is 9.90 Å². The molecule has 0 aliphatic heterocycles. The Kier molecular flexibility index (Phi) is 4.72. The van der Waals surface area contributed by atoms with Gasteiger partial charge in [-0.1, -0.05) is 52.9 Å². The third-order valence-corrected chi connectivity index (χ3v) is 4.64. The molecule has 1 fully saturated rings. The Hall–Kier alpha value is -0.180. The Bertz CT molecular complexity index is 235. The van der Waals surface area contributed by atoms with Crippen molar-refractivity contribution in [3.8, 4) is 0 Å². The quantitative estimate of drug-likeness (QED) is 0.795. The molecule has 0 bridgehead atoms. The van der Waals surface area contributed by atoms with Crippen molar-refractivity contribution in [3.05, 3.63) is 0 Å². The fourth-order valence-corrected chi connectivity index (χ4v) is 4.17. The van der Waals surface area contributed by atoms with Crippen LogP contribution in [0.25, 0.3) is 0 Å². The number of carboxylic acids is 1. The van der Waals surface area contributed by atoms with Crippen LogP contribution in [0.3, 0.4) is 0 Å². The summed E-state index contributed by atoms with van der Waals surface area (Å²) in [5, 5.41) is 9.55. The molecule has 0 spiro atoms. The predicted octanol–water partition coefficient (Wildman–Crippen LogP) is 4.09. The van der Waals surface area contributed by atoms with Gasteiger partial charge in [-0.15, -0.1) is 11.8 Å². The van der Waals surface area contributed by atoms with Crippen LogP contribution in [0.1, 0.15) is 65.7 Å². The first-order valence-corrected chi connectivity index (χ1v) is 7.11. The summed E-state index contributed by atoms with van der Waals surface area (Å²) in [5.74, 6) is -0.602. The number of aliphatic carboxylic acids is 1. The maximum Gasteiger partial charge on any atom is 0.319 e. The molecule has 0 amide bonds. The summed E-state index contributed by atoms with van der Waals surface area (Å²) in [7, 11) is 0. The molecule has 1 aliphatic carbocycles. The van der Waals surface area contributed by atoms with Crippen molar-refractivity contribution >= 4 is 17.7 Å². The highest BCUT2D eigenvalue weighted by Crippen LogP contribution is 2.44. The van der Waals surface area contributed by atoms with Crippen LogP contribution in [0.15, 0.2) is 0 Å². The van der Waals surface area contributed by atoms with Gasteiger partial charge in [0.2, 0.25) is 0 Å². The largest absolute Gasteiger partial charge is 0.480 e. The lowest BCUT2D eigenvalue weighted by Gasteiger charge is -2.36. The highest BCUT2D eigenvalue weighted by molar-refractivity contribution is 8.02. The monoisotopic (exact) mass is 244 g/mol. The Labute approximate surface area is 103 Å². The van der Waals surface area contributed by atoms with E-state index in [-0.39, 0.29) is 4.75 Å². The molecule has 0 aromatic carbocycles. The minimum atomic E-state index is -0.602. The zero-order chi connectivity index (χ0) is 12.2. The first-order chi connectivity index (χ1) is 7.36. The summed E-state index contributed by atoms with van der Waals surface area (Å²) in [6.45, 7) is 6.34. The second-order valence-electron chi connectivity index (χ2n) is 5.78. The van der Waals surface area contributed by atoms with E-state index >= 15 is 0 Å². The Morgan fingerprint density at radius 3 is 1.88 bits per heavy atom. The maximum absolute atomic E-state index is 11.6. The van der Waals surface area contributed by atoms with Gasteiger partial charge in [0.25, 0.3) is 0 Å². The summed E-state index contributed by atoms with van der Waals surface area (Å²) in [6, 6.07) is 0. The topological polar surface area (TPSA) is 37.3 Å². The van der Waals surface area contributed by atoms with Gasteiger partial charge in [0.05, 0.1) is 0 Å². The molecule has 16 heavy (non-hydrogen) atoms. The standard InChI is InChI=1S/C13H24O2S/c1-12(2,3)16-13(11(14)15)9-7-5-4-6-8-10-13/h4-10H2,1-3H3,(H,14,15). The van der Waals surface area contributed by atoms with E-state index < -0.39 is 10.7 Å². The van der Waals surface area contributed by atoms with Gasteiger partial charge in [-0.05, 0) is 12.8 Å². The van der Waals surface area contributed by atoms with Crippen molar-refractivity contribution in [2.75, 3.05) is 0 Å². The lowest BCUT2D eigenvalue weighted by molar-refractivity contribution is -0.140. The number of rotatable bonds is 2. The van der Waals surface area contributed by atoms with Crippen LogP contribution < -0.4 is 0 Å². The van der Waals surface area contributed by atoms with Crippen LogP contribution in [0.2, 0.25) is 0 Å². The molecule has 0 atom stereocenters. The molecule has 0 saturated heterocycles. The fraction of sp³-hybridized carbons (Fsp3) is 0.923. The van der Waals surface area contributed by atoms with Crippen LogP contribution in [-0.4, -0.2) is 20.6 Å². The average molecular weight is 244 g/mol. The second-order valence-corrected chi connectivity index (χ2v) is 7.99. The van der Waals surface area contributed by atoms with E-state index in [1.807, 2.05) is 0 Å². The van der Waals surface area contributed by atoms with Gasteiger partial charge in [-0.2, -0.15) is 0 Å². The minimum absolute atomic E-state index is 0.0254. The van der Waals surface area contributed by atoms with E-state index in [1.165, 1.54) is 19.3 Å². The molecule has 2 nitrogen and oxygen atoms in total. The van der Waals surface area contributed by atoms with Crippen molar-refractivity contribution < 1.29 is 9.90 Å². The van der Waals surface area contributed by atoms with Crippen LogP contribution in [-0.2, 0) is 4.79 Å². The molecule has 0 aromatic heterocycles. The molecular formula is C13H24O2S. The Balaban J connectivity index is 2.79. The van der Waals surface area contributed by atoms with Gasteiger partial charge < -0.3 is 5.11 Å². The van der Waals surface area contributed by atoms with Crippen LogP contribution in [0.4, 0.5) is 0 Å². The van der Waals surface area contributed by atoms with Crippen molar-refractivity contribution in [2.45, 2.75) is 75.2 Å². The number of carbonyl (C=O) groups is 1. The number of hydrogen-bond acceptors (Lipinski definition) is 2. The highest BCUT2D eigenvalue weighted by atomic mass is 32.2. The predicted molar refractivity (Wildman–Crippen MR) is 70.0 cm³/mol. The van der Waals surface area contributed by atoms with Crippen LogP contribution in [0, 0.1) is 0 Å². The van der Waals surface area contributed by atoms with E-state index in [0.717, 1.165) is 25.7 Å². The Morgan fingerprint density at radius 1 is 1.06 bits per heavy atom. The van der Waals surface area contributed by atoms with E-state index in [4.69, 9.17) is 0 Å². The van der Waals surface area contributed by atoms with Gasteiger partial charge >= 0.3 is 5.97 Å². The van der Waals surface area contributed by atoms with Crippen LogP contribution >= 0.6 is 11.8 Å². The summed E-state index contributed by atoms with van der Waals surface area (Å²) in [6.07, 6.45) is 7.47. The molecule has 0 unspecified atom stereocenters. The molecule has 1 aliphatic rings. The molecule has 0 radical (unpaired) electrons. The zero-order valence-corrected chi connectivity index (χ0v) is 11.5. The first-order valence-electron chi connectivity index (χ1n) is 6.29. The van der Waals surface area contributed by atoms with Gasteiger partial charge in [0.1, 0.15) is 4.75 Å². The molecule has 0 aromatic rings. The zero-order valence-electron chi connectivity index (χ0n) is 10.7. The van der Waals surface area contributed by atoms with Gasteiger partial charge in [0.15, 0.2) is 0 Å². The van der Waals surface area contributed by atoms with E-state index in [1.54, 1.807) is 11.8 Å². The SMILES string of the molecule is CC(C)(C)SC1(C(=O)O)CCCCCCC1. The van der Waals surface area contributed by atoms with Crippen molar-refractivity contribution in [2.24, 2.45) is 0 Å². The number of carboxylic acid groups (broad SMARTS) is 1. The summed E-state index contributed by atoms with van der Waals surface area (Å²) < 4.78 is -0.504. The van der Waals surface area contributed by atoms with Crippen molar-refractivity contribution in [3.63, 3.8) is 0 Å². The average Bonchev–Trinajstić information content (AvgIpc) is 2.07. The molecule has 1 N–H and O–H groups in total. The molecule has 1 saturated carbocycles. The molecule has 3 heteroatoms. The maximum atomic E-state index is 11.6. The summed E-state index contributed by atoms with van der Waals surface area (Å²) >= 11 is 1.66. The smallest absolute Gasteiger partial charge is 0.319 e. The third kappa shape index (κ3) is 4.00. The fourth-order valence-electron chi connectivity index (χ4n) is 2.42. The Morgan fingerprint density at radius 2 is 1.50 bits per heavy atom. The summed E-state index contributed by atoms with van der Waals surface area (Å²) in [5.41, 5.74) is 0. The lowest BCUT2D eigenvalue weighted by Crippen LogP contribution is -2.39. The van der Waals surface area contributed by atoms with Crippen molar-refractivity contribution in [1.29, 1.82) is 0 Å². The van der Waals surface area contributed by atoms with E-state index in [0.29, 0.717) is 0 Å². The van der Waals surface area contributed by atoms with Gasteiger partial charge in [-0.25, -0.2) is 0 Å². The molecule has 1 rings (SSSR count). The molecular weight excluding hydrogens is 220 g/mol. The van der Waals surface area contributed by atoms with Crippen molar-refractivity contribution in [1.82, 2.24) is 0 Å². The molecule has 94 valence electrons. The number of thioether (sulfide) groups is 1. The second kappa shape index (κ2) is 5.44. The molecule has 0 heterocycles. The van der Waals surface area contributed by atoms with E-state index in [2.05, 4.69) is 20.8 Å². The van der Waals surface area contributed by atoms with Gasteiger partial charge in [0, 0.05) is 4.75 Å². The summed E-state index contributed by atoms with van der Waals surface area (Å²) in [4.78, 5) is 11.6. The first kappa shape index (κ1) is 13.9. The third-order valence-electron chi connectivity index (χ3n) is 3.05. The highest BCUT2D eigenvalue weighted by Gasteiger charge is 2.41. The minimum Gasteiger partial charge on any atom is -0.480 e. The number of hydrogen-bond donors (Lipinski definition) is 1. The lowest BCUT2D eigenvalue weighted by atomic mass is 9.90.